The monoisotopic (exact) mass is 355 g/mol. The van der Waals surface area contributed by atoms with Gasteiger partial charge in [0.1, 0.15) is 12.4 Å². The van der Waals surface area contributed by atoms with E-state index in [1.54, 1.807) is 18.9 Å². The highest BCUT2D eigenvalue weighted by molar-refractivity contribution is 5.80. The van der Waals surface area contributed by atoms with Crippen LogP contribution in [-0.2, 0) is 24.2 Å². The highest BCUT2D eigenvalue weighted by Gasteiger charge is 2.33. The van der Waals surface area contributed by atoms with E-state index in [0.29, 0.717) is 55.4 Å². The van der Waals surface area contributed by atoms with E-state index in [1.165, 1.54) is 0 Å². The van der Waals surface area contributed by atoms with Crippen LogP contribution in [0.2, 0.25) is 0 Å². The number of para-hydroxylation sites is 1. The summed E-state index contributed by atoms with van der Waals surface area (Å²) in [7, 11) is 1.61. The van der Waals surface area contributed by atoms with E-state index in [0.717, 1.165) is 11.3 Å². The smallest absolute Gasteiger partial charge is 0.254 e. The number of aryl methyl sites for hydroxylation is 1. The van der Waals surface area contributed by atoms with Crippen molar-refractivity contribution < 1.29 is 14.3 Å². The maximum Gasteiger partial charge on any atom is 0.254 e. The van der Waals surface area contributed by atoms with Crippen LogP contribution in [-0.4, -0.2) is 41.0 Å². The Hall–Kier alpha value is -2.83. The van der Waals surface area contributed by atoms with Gasteiger partial charge in [-0.2, -0.15) is 0 Å². The van der Waals surface area contributed by atoms with Gasteiger partial charge in [0.05, 0.1) is 25.3 Å². The Morgan fingerprint density at radius 3 is 3.08 bits per heavy atom. The molecule has 7 heteroatoms. The zero-order valence-corrected chi connectivity index (χ0v) is 14.9. The standard InChI is InChI=1S/C19H21N3O4/c1-11-20-15-9-22(7-6-14(15)18(23)21-11)19(24)13-8-12-4-3-5-16(25-2)17(12)26-10-13/h3-5,13H,6-10H2,1-2H3,(H,20,21,23)/t13-/m0/s1. The second kappa shape index (κ2) is 6.48. The molecular weight excluding hydrogens is 334 g/mol. The minimum atomic E-state index is -0.237. The number of hydrogen-bond acceptors (Lipinski definition) is 5. The average molecular weight is 355 g/mol. The maximum atomic E-state index is 13.0. The molecule has 1 aromatic carbocycles. The molecule has 0 unspecified atom stereocenters. The van der Waals surface area contributed by atoms with Crippen LogP contribution in [0.3, 0.4) is 0 Å². The van der Waals surface area contributed by atoms with Crippen molar-refractivity contribution in [2.45, 2.75) is 26.3 Å². The molecule has 1 N–H and O–H groups in total. The zero-order valence-electron chi connectivity index (χ0n) is 14.9. The van der Waals surface area contributed by atoms with Crippen molar-refractivity contribution in [3.63, 3.8) is 0 Å². The van der Waals surface area contributed by atoms with Gasteiger partial charge < -0.3 is 19.4 Å². The summed E-state index contributed by atoms with van der Waals surface area (Å²) < 4.78 is 11.2. The summed E-state index contributed by atoms with van der Waals surface area (Å²) in [6, 6.07) is 5.73. The van der Waals surface area contributed by atoms with Gasteiger partial charge in [-0.1, -0.05) is 12.1 Å². The van der Waals surface area contributed by atoms with Crippen LogP contribution in [0.5, 0.6) is 11.5 Å². The number of nitrogens with zero attached hydrogens (tertiary/aromatic N) is 2. The van der Waals surface area contributed by atoms with Gasteiger partial charge in [-0.25, -0.2) is 4.98 Å². The first kappa shape index (κ1) is 16.6. The molecule has 26 heavy (non-hydrogen) atoms. The number of hydrogen-bond donors (Lipinski definition) is 1. The van der Waals surface area contributed by atoms with Crippen molar-refractivity contribution >= 4 is 5.91 Å². The molecular formula is C19H21N3O4. The summed E-state index contributed by atoms with van der Waals surface area (Å²) >= 11 is 0. The third kappa shape index (κ3) is 2.83. The molecule has 2 aliphatic rings. The summed E-state index contributed by atoms with van der Waals surface area (Å²) in [4.78, 5) is 34.0. The zero-order chi connectivity index (χ0) is 18.3. The van der Waals surface area contributed by atoms with Crippen molar-refractivity contribution in [3.05, 3.63) is 51.2 Å². The van der Waals surface area contributed by atoms with Gasteiger partial charge in [0, 0.05) is 12.1 Å². The molecule has 0 aliphatic carbocycles. The van der Waals surface area contributed by atoms with Crippen LogP contribution < -0.4 is 15.0 Å². The molecule has 0 saturated carbocycles. The number of benzene rings is 1. The first-order valence-electron chi connectivity index (χ1n) is 8.73. The van der Waals surface area contributed by atoms with E-state index in [4.69, 9.17) is 9.47 Å². The fourth-order valence-corrected chi connectivity index (χ4v) is 3.72. The lowest BCUT2D eigenvalue weighted by molar-refractivity contribution is -0.138. The first-order valence-corrected chi connectivity index (χ1v) is 8.73. The molecule has 0 spiro atoms. The minimum Gasteiger partial charge on any atom is -0.493 e. The van der Waals surface area contributed by atoms with Crippen molar-refractivity contribution in [3.8, 4) is 11.5 Å². The number of fused-ring (bicyclic) bond motifs is 2. The molecule has 0 fully saturated rings. The second-order valence-corrected chi connectivity index (χ2v) is 6.75. The minimum absolute atomic E-state index is 0.0452. The van der Waals surface area contributed by atoms with Crippen LogP contribution in [0.1, 0.15) is 22.6 Å². The largest absolute Gasteiger partial charge is 0.493 e. The molecule has 4 rings (SSSR count). The van der Waals surface area contributed by atoms with E-state index < -0.39 is 0 Å². The van der Waals surface area contributed by atoms with Crippen LogP contribution >= 0.6 is 0 Å². The molecule has 136 valence electrons. The lowest BCUT2D eigenvalue weighted by atomic mass is 9.94. The van der Waals surface area contributed by atoms with E-state index in [9.17, 15) is 9.59 Å². The van der Waals surface area contributed by atoms with Gasteiger partial charge in [0.2, 0.25) is 5.91 Å². The van der Waals surface area contributed by atoms with Gasteiger partial charge in [-0.3, -0.25) is 9.59 Å². The summed E-state index contributed by atoms with van der Waals surface area (Å²) in [5.74, 6) is 1.80. The van der Waals surface area contributed by atoms with Crippen molar-refractivity contribution in [2.75, 3.05) is 20.3 Å². The number of nitrogens with one attached hydrogen (secondary N) is 1. The topological polar surface area (TPSA) is 84.5 Å². The average Bonchev–Trinajstić information content (AvgIpc) is 2.65. The number of rotatable bonds is 2. The van der Waals surface area contributed by atoms with E-state index in [2.05, 4.69) is 9.97 Å². The molecule has 3 heterocycles. The molecule has 2 aliphatic heterocycles. The Balaban J connectivity index is 1.53. The Bertz CT molecular complexity index is 921. The van der Waals surface area contributed by atoms with Gasteiger partial charge in [0.25, 0.3) is 5.56 Å². The Kier molecular flexibility index (Phi) is 4.14. The van der Waals surface area contributed by atoms with Gasteiger partial charge in [0.15, 0.2) is 11.5 Å². The van der Waals surface area contributed by atoms with Gasteiger partial charge in [-0.15, -0.1) is 0 Å². The number of H-pyrrole nitrogens is 1. The third-order valence-electron chi connectivity index (χ3n) is 5.03. The molecule has 1 atom stereocenters. The molecule has 7 nitrogen and oxygen atoms in total. The van der Waals surface area contributed by atoms with Gasteiger partial charge in [-0.05, 0) is 31.4 Å². The van der Waals surface area contributed by atoms with Gasteiger partial charge >= 0.3 is 0 Å². The molecule has 0 radical (unpaired) electrons. The summed E-state index contributed by atoms with van der Waals surface area (Å²) in [5.41, 5.74) is 2.28. The maximum absolute atomic E-state index is 13.0. The van der Waals surface area contributed by atoms with Crippen LogP contribution in [0.25, 0.3) is 0 Å². The highest BCUT2D eigenvalue weighted by Crippen LogP contribution is 2.36. The molecule has 1 aromatic heterocycles. The lowest BCUT2D eigenvalue weighted by Crippen LogP contribution is -2.44. The second-order valence-electron chi connectivity index (χ2n) is 6.75. The Labute approximate surface area is 151 Å². The summed E-state index contributed by atoms with van der Waals surface area (Å²) in [6.07, 6.45) is 1.15. The first-order chi connectivity index (χ1) is 12.6. The number of amides is 1. The molecule has 2 aromatic rings. The molecule has 0 saturated heterocycles. The molecule has 1 amide bonds. The Morgan fingerprint density at radius 1 is 1.42 bits per heavy atom. The Morgan fingerprint density at radius 2 is 2.27 bits per heavy atom. The van der Waals surface area contributed by atoms with Crippen molar-refractivity contribution in [1.29, 1.82) is 0 Å². The normalized spacial score (nSPS) is 18.5. The van der Waals surface area contributed by atoms with Crippen LogP contribution in [0, 0.1) is 12.8 Å². The number of aromatic amines is 1. The predicted octanol–water partition coefficient (Wildman–Crippen LogP) is 1.22. The van der Waals surface area contributed by atoms with Crippen LogP contribution in [0.15, 0.2) is 23.0 Å². The predicted molar refractivity (Wildman–Crippen MR) is 94.4 cm³/mol. The highest BCUT2D eigenvalue weighted by atomic mass is 16.5. The van der Waals surface area contributed by atoms with E-state index in [-0.39, 0.29) is 17.4 Å². The fourth-order valence-electron chi connectivity index (χ4n) is 3.72. The van der Waals surface area contributed by atoms with Crippen molar-refractivity contribution in [2.24, 2.45) is 5.92 Å². The number of methoxy groups -OCH3 is 1. The number of ether oxygens (including phenoxy) is 2. The SMILES string of the molecule is COc1cccc2c1OC[C@@H](C(=O)N1CCc3c(nc(C)[nH]c3=O)C1)C2. The lowest BCUT2D eigenvalue weighted by Gasteiger charge is -2.33. The number of carbonyl (C=O) groups excluding carboxylic acids is 1. The van der Waals surface area contributed by atoms with Crippen LogP contribution in [0.4, 0.5) is 0 Å². The van der Waals surface area contributed by atoms with E-state index in [1.807, 2.05) is 18.2 Å². The van der Waals surface area contributed by atoms with Crippen molar-refractivity contribution in [1.82, 2.24) is 14.9 Å². The van der Waals surface area contributed by atoms with E-state index >= 15 is 0 Å². The summed E-state index contributed by atoms with van der Waals surface area (Å²) in [6.45, 7) is 2.99. The third-order valence-corrected chi connectivity index (χ3v) is 5.03. The molecule has 0 bridgehead atoms. The summed E-state index contributed by atoms with van der Waals surface area (Å²) in [5, 5.41) is 0. The quantitative estimate of drug-likeness (QED) is 0.876. The fraction of sp³-hybridized carbons (Fsp3) is 0.421. The number of carbonyl (C=O) groups is 1. The number of aromatic nitrogens is 2.